The van der Waals surface area contributed by atoms with Gasteiger partial charge in [-0.2, -0.15) is 5.10 Å². The van der Waals surface area contributed by atoms with E-state index in [0.717, 1.165) is 42.5 Å². The fraction of sp³-hybridized carbons (Fsp3) is 0.207. The normalized spacial score (nSPS) is 13.5. The largest absolute Gasteiger partial charge is 0.433 e. The molecule has 9 nitrogen and oxygen atoms in total. The summed E-state index contributed by atoms with van der Waals surface area (Å²) in [6.07, 6.45) is 3.65. The number of pyridine rings is 1. The number of ether oxygens (including phenoxy) is 1. The van der Waals surface area contributed by atoms with E-state index in [0.29, 0.717) is 23.5 Å². The lowest BCUT2D eigenvalue weighted by Gasteiger charge is -2.28. The Morgan fingerprint density at radius 2 is 1.98 bits per heavy atom. The van der Waals surface area contributed by atoms with Gasteiger partial charge < -0.3 is 20.6 Å². The Morgan fingerprint density at radius 3 is 2.73 bits per heavy atom. The van der Waals surface area contributed by atoms with Crippen molar-refractivity contribution in [1.82, 2.24) is 24.6 Å². The summed E-state index contributed by atoms with van der Waals surface area (Å²) in [5.74, 6) is -2.41. The Bertz CT molecular complexity index is 1740. The van der Waals surface area contributed by atoms with E-state index in [1.807, 2.05) is 12.1 Å². The van der Waals surface area contributed by atoms with E-state index in [1.165, 1.54) is 40.3 Å². The fourth-order valence-corrected chi connectivity index (χ4v) is 5.15. The molecule has 4 N–H and O–H groups in total. The molecule has 4 heterocycles. The molecule has 0 amide bonds. The number of fused-ring (bicyclic) bond motifs is 3. The van der Waals surface area contributed by atoms with Gasteiger partial charge in [0.2, 0.25) is 17.4 Å². The Balaban J connectivity index is 1.27. The summed E-state index contributed by atoms with van der Waals surface area (Å²) in [4.78, 5) is 23.1. The van der Waals surface area contributed by atoms with Crippen LogP contribution >= 0.6 is 0 Å². The van der Waals surface area contributed by atoms with Crippen LogP contribution in [0.1, 0.15) is 32.7 Å². The Hall–Kier alpha value is -4.61. The van der Waals surface area contributed by atoms with Gasteiger partial charge in [0.15, 0.2) is 11.6 Å². The number of hydrogen-bond acceptors (Lipinski definition) is 7. The SMILES string of the molecule is Cc1cc(Oc2c(F)cccc2F)ncc1-n1ncc(C(=O)c2cc3c4c(ccc3[nH]2)CN(CCO)CC4)c1N. The van der Waals surface area contributed by atoms with E-state index in [2.05, 4.69) is 26.0 Å². The van der Waals surface area contributed by atoms with E-state index in [1.54, 1.807) is 6.92 Å². The van der Waals surface area contributed by atoms with E-state index in [9.17, 15) is 18.7 Å². The van der Waals surface area contributed by atoms with Gasteiger partial charge in [-0.15, -0.1) is 0 Å². The number of carbonyl (C=O) groups excluding carboxylic acids is 1. The highest BCUT2D eigenvalue weighted by Crippen LogP contribution is 2.31. The second-order valence-corrected chi connectivity index (χ2v) is 9.74. The van der Waals surface area contributed by atoms with Crippen molar-refractivity contribution in [3.05, 3.63) is 94.4 Å². The second-order valence-electron chi connectivity index (χ2n) is 9.74. The number of hydrogen-bond donors (Lipinski definition) is 3. The minimum absolute atomic E-state index is 0.00633. The van der Waals surface area contributed by atoms with Crippen LogP contribution in [-0.4, -0.2) is 55.2 Å². The van der Waals surface area contributed by atoms with Gasteiger partial charge in [-0.05, 0) is 54.3 Å². The molecule has 0 saturated heterocycles. The number of nitrogens with zero attached hydrogens (tertiary/aromatic N) is 4. The van der Waals surface area contributed by atoms with Gasteiger partial charge >= 0.3 is 0 Å². The highest BCUT2D eigenvalue weighted by Gasteiger charge is 2.23. The average molecular weight is 545 g/mol. The van der Waals surface area contributed by atoms with Crippen molar-refractivity contribution in [2.24, 2.45) is 0 Å². The topological polar surface area (TPSA) is 122 Å². The number of aliphatic hydroxyl groups is 1. The summed E-state index contributed by atoms with van der Waals surface area (Å²) in [7, 11) is 0. The lowest BCUT2D eigenvalue weighted by molar-refractivity contribution is 0.103. The van der Waals surface area contributed by atoms with Crippen molar-refractivity contribution in [3.63, 3.8) is 0 Å². The molecule has 0 radical (unpaired) electrons. The molecular weight excluding hydrogens is 518 g/mol. The molecular formula is C29H26F2N6O3. The first kappa shape index (κ1) is 25.7. The third-order valence-electron chi connectivity index (χ3n) is 7.21. The Labute approximate surface area is 227 Å². The molecule has 1 aliphatic heterocycles. The molecule has 6 rings (SSSR count). The van der Waals surface area contributed by atoms with Gasteiger partial charge in [-0.1, -0.05) is 12.1 Å². The predicted molar refractivity (Wildman–Crippen MR) is 145 cm³/mol. The lowest BCUT2D eigenvalue weighted by Crippen LogP contribution is -2.32. The summed E-state index contributed by atoms with van der Waals surface area (Å²) in [6, 6.07) is 10.8. The Morgan fingerprint density at radius 1 is 1.18 bits per heavy atom. The molecule has 0 atom stereocenters. The van der Waals surface area contributed by atoms with Crippen LogP contribution in [0.2, 0.25) is 0 Å². The van der Waals surface area contributed by atoms with Crippen LogP contribution in [0.4, 0.5) is 14.6 Å². The van der Waals surface area contributed by atoms with E-state index in [-0.39, 0.29) is 29.7 Å². The number of ketones is 1. The molecule has 40 heavy (non-hydrogen) atoms. The van der Waals surface area contributed by atoms with Crippen LogP contribution in [0.25, 0.3) is 16.6 Å². The van der Waals surface area contributed by atoms with Crippen LogP contribution in [0.5, 0.6) is 11.6 Å². The van der Waals surface area contributed by atoms with Gasteiger partial charge in [0.05, 0.1) is 35.9 Å². The highest BCUT2D eigenvalue weighted by atomic mass is 19.1. The fourth-order valence-electron chi connectivity index (χ4n) is 5.15. The Kier molecular flexibility index (Phi) is 6.53. The first-order valence-electron chi connectivity index (χ1n) is 12.8. The number of aliphatic hydroxyl groups excluding tert-OH is 1. The summed E-state index contributed by atoms with van der Waals surface area (Å²) in [5.41, 5.74) is 11.3. The molecule has 0 spiro atoms. The highest BCUT2D eigenvalue weighted by molar-refractivity contribution is 6.12. The number of aromatic amines is 1. The molecule has 0 aliphatic carbocycles. The van der Waals surface area contributed by atoms with E-state index >= 15 is 0 Å². The van der Waals surface area contributed by atoms with Crippen molar-refractivity contribution < 1.29 is 23.4 Å². The number of β-amino-alcohol motifs (C(OH)–C–C–N with tert-alkyl or cyclic N) is 1. The quantitative estimate of drug-likeness (QED) is 0.261. The molecule has 5 aromatic rings. The third-order valence-corrected chi connectivity index (χ3v) is 7.21. The number of carbonyl (C=O) groups is 1. The van der Waals surface area contributed by atoms with Gasteiger partial charge in [-0.3, -0.25) is 9.69 Å². The van der Waals surface area contributed by atoms with Gasteiger partial charge in [0, 0.05) is 36.6 Å². The maximum absolute atomic E-state index is 14.0. The van der Waals surface area contributed by atoms with Crippen molar-refractivity contribution >= 4 is 22.5 Å². The molecule has 0 saturated carbocycles. The number of nitrogens with two attached hydrogens (primary N) is 1. The molecule has 2 aromatic carbocycles. The monoisotopic (exact) mass is 544 g/mol. The lowest BCUT2D eigenvalue weighted by atomic mass is 9.96. The molecule has 0 bridgehead atoms. The van der Waals surface area contributed by atoms with Crippen LogP contribution < -0.4 is 10.5 Å². The first-order valence-corrected chi connectivity index (χ1v) is 12.8. The van der Waals surface area contributed by atoms with Crippen molar-refractivity contribution in [3.8, 4) is 17.3 Å². The number of rotatable bonds is 7. The van der Waals surface area contributed by atoms with Gasteiger partial charge in [0.25, 0.3) is 0 Å². The zero-order valence-corrected chi connectivity index (χ0v) is 21.6. The molecule has 1 aliphatic rings. The van der Waals surface area contributed by atoms with Crippen LogP contribution in [0, 0.1) is 18.6 Å². The first-order chi connectivity index (χ1) is 19.3. The minimum atomic E-state index is -0.843. The van der Waals surface area contributed by atoms with Crippen molar-refractivity contribution in [1.29, 1.82) is 0 Å². The maximum atomic E-state index is 14.0. The standard InChI is InChI=1S/C29H26F2N6O3/c1-16-11-26(40-28-21(30)3-2-4-22(28)31)33-14-25(16)37-29(32)20(13-34-37)27(39)24-12-19-18-7-8-36(9-10-38)15-17(18)5-6-23(19)35-24/h2-6,11-14,35,38H,7-10,15,32H2,1H3. The molecule has 0 unspecified atom stereocenters. The number of aromatic nitrogens is 4. The molecule has 0 fully saturated rings. The predicted octanol–water partition coefficient (Wildman–Crippen LogP) is 4.29. The van der Waals surface area contributed by atoms with Crippen LogP contribution in [-0.2, 0) is 13.0 Å². The van der Waals surface area contributed by atoms with Crippen molar-refractivity contribution in [2.75, 3.05) is 25.4 Å². The molecule has 204 valence electrons. The van der Waals surface area contributed by atoms with E-state index < -0.39 is 17.4 Å². The summed E-state index contributed by atoms with van der Waals surface area (Å²) in [5, 5.41) is 14.6. The zero-order chi connectivity index (χ0) is 28.0. The molecule has 3 aromatic heterocycles. The third kappa shape index (κ3) is 4.48. The maximum Gasteiger partial charge on any atom is 0.219 e. The number of halogens is 2. The summed E-state index contributed by atoms with van der Waals surface area (Å²) >= 11 is 0. The second kappa shape index (κ2) is 10.2. The number of H-pyrrole nitrogens is 1. The smallest absolute Gasteiger partial charge is 0.219 e. The minimum Gasteiger partial charge on any atom is -0.433 e. The number of para-hydroxylation sites is 1. The summed E-state index contributed by atoms with van der Waals surface area (Å²) in [6.45, 7) is 4.09. The zero-order valence-electron chi connectivity index (χ0n) is 21.6. The average Bonchev–Trinajstić information content (AvgIpc) is 3.55. The number of nitrogens with one attached hydrogen (secondary N) is 1. The van der Waals surface area contributed by atoms with Gasteiger partial charge in [0.1, 0.15) is 5.82 Å². The number of benzene rings is 2. The number of aryl methyl sites for hydroxylation is 1. The number of nitrogen functional groups attached to an aromatic ring is 1. The summed E-state index contributed by atoms with van der Waals surface area (Å²) < 4.78 is 34.7. The number of anilines is 1. The van der Waals surface area contributed by atoms with E-state index in [4.69, 9.17) is 10.5 Å². The molecule has 11 heteroatoms. The van der Waals surface area contributed by atoms with Gasteiger partial charge in [-0.25, -0.2) is 18.4 Å². The van der Waals surface area contributed by atoms with Crippen molar-refractivity contribution in [2.45, 2.75) is 19.9 Å². The van der Waals surface area contributed by atoms with Crippen LogP contribution in [0.15, 0.2) is 54.9 Å². The van der Waals surface area contributed by atoms with Crippen LogP contribution in [0.3, 0.4) is 0 Å².